The highest BCUT2D eigenvalue weighted by Crippen LogP contribution is 2.15. The summed E-state index contributed by atoms with van der Waals surface area (Å²) in [6.45, 7) is 3.54. The SMILES string of the molecule is Cc1nc(N)ccc1[C@H](C)O. The topological polar surface area (TPSA) is 59.1 Å². The van der Waals surface area contributed by atoms with Crippen LogP contribution in [0.5, 0.6) is 0 Å². The fourth-order valence-corrected chi connectivity index (χ4v) is 1.03. The van der Waals surface area contributed by atoms with E-state index in [1.54, 1.807) is 19.1 Å². The van der Waals surface area contributed by atoms with Crippen molar-refractivity contribution >= 4 is 5.82 Å². The zero-order valence-electron chi connectivity index (χ0n) is 6.70. The second-order valence-electron chi connectivity index (χ2n) is 2.59. The Morgan fingerprint density at radius 2 is 2.18 bits per heavy atom. The molecule has 3 N–H and O–H groups in total. The average molecular weight is 152 g/mol. The molecule has 1 heterocycles. The summed E-state index contributed by atoms with van der Waals surface area (Å²) in [4.78, 5) is 4.01. The highest BCUT2D eigenvalue weighted by atomic mass is 16.3. The smallest absolute Gasteiger partial charge is 0.123 e. The Balaban J connectivity index is 3.09. The van der Waals surface area contributed by atoms with Crippen LogP contribution in [0, 0.1) is 6.92 Å². The minimum absolute atomic E-state index is 0.469. The molecule has 11 heavy (non-hydrogen) atoms. The summed E-state index contributed by atoms with van der Waals surface area (Å²) in [7, 11) is 0. The lowest BCUT2D eigenvalue weighted by Gasteiger charge is -2.07. The molecule has 60 valence electrons. The van der Waals surface area contributed by atoms with Gasteiger partial charge >= 0.3 is 0 Å². The van der Waals surface area contributed by atoms with E-state index >= 15 is 0 Å². The summed E-state index contributed by atoms with van der Waals surface area (Å²) in [5.41, 5.74) is 7.06. The molecule has 0 saturated heterocycles. The van der Waals surface area contributed by atoms with E-state index in [0.29, 0.717) is 5.82 Å². The number of hydrogen-bond donors (Lipinski definition) is 2. The quantitative estimate of drug-likeness (QED) is 0.631. The van der Waals surface area contributed by atoms with Crippen LogP contribution in [-0.2, 0) is 0 Å². The van der Waals surface area contributed by atoms with E-state index in [1.807, 2.05) is 6.92 Å². The second kappa shape index (κ2) is 2.88. The van der Waals surface area contributed by atoms with Crippen molar-refractivity contribution in [2.45, 2.75) is 20.0 Å². The van der Waals surface area contributed by atoms with Gasteiger partial charge < -0.3 is 10.8 Å². The molecule has 1 atom stereocenters. The third-order valence-corrected chi connectivity index (χ3v) is 1.60. The summed E-state index contributed by atoms with van der Waals surface area (Å²) in [6, 6.07) is 3.48. The summed E-state index contributed by atoms with van der Waals surface area (Å²) < 4.78 is 0. The highest BCUT2D eigenvalue weighted by molar-refractivity contribution is 5.34. The minimum atomic E-state index is -0.469. The van der Waals surface area contributed by atoms with Crippen LogP contribution in [0.4, 0.5) is 5.82 Å². The van der Waals surface area contributed by atoms with Gasteiger partial charge in [-0.15, -0.1) is 0 Å². The summed E-state index contributed by atoms with van der Waals surface area (Å²) in [5.74, 6) is 0.493. The predicted octanol–water partition coefficient (Wildman–Crippen LogP) is 1.03. The lowest BCUT2D eigenvalue weighted by molar-refractivity contribution is 0.198. The number of aryl methyl sites for hydroxylation is 1. The third kappa shape index (κ3) is 1.68. The molecule has 0 fully saturated rings. The number of aromatic nitrogens is 1. The van der Waals surface area contributed by atoms with Crippen molar-refractivity contribution in [1.29, 1.82) is 0 Å². The molecule has 1 aromatic heterocycles. The molecule has 0 aliphatic heterocycles. The number of aliphatic hydroxyl groups is 1. The fourth-order valence-electron chi connectivity index (χ4n) is 1.03. The molecule has 0 aromatic carbocycles. The van der Waals surface area contributed by atoms with Crippen molar-refractivity contribution in [3.05, 3.63) is 23.4 Å². The number of nitrogens with zero attached hydrogens (tertiary/aromatic N) is 1. The van der Waals surface area contributed by atoms with Crippen molar-refractivity contribution in [3.8, 4) is 0 Å². The Kier molecular flexibility index (Phi) is 2.10. The molecule has 1 aromatic rings. The van der Waals surface area contributed by atoms with Crippen molar-refractivity contribution in [3.63, 3.8) is 0 Å². The standard InChI is InChI=1S/C8H12N2O/c1-5-7(6(2)11)3-4-8(9)10-5/h3-4,6,11H,1-2H3,(H2,9,10)/t6-/m0/s1. The lowest BCUT2D eigenvalue weighted by atomic mass is 10.1. The maximum Gasteiger partial charge on any atom is 0.123 e. The molecule has 0 unspecified atom stereocenters. The zero-order chi connectivity index (χ0) is 8.43. The minimum Gasteiger partial charge on any atom is -0.389 e. The first-order valence-electron chi connectivity index (χ1n) is 3.52. The Morgan fingerprint density at radius 3 is 2.64 bits per heavy atom. The third-order valence-electron chi connectivity index (χ3n) is 1.60. The van der Waals surface area contributed by atoms with Gasteiger partial charge in [0.2, 0.25) is 0 Å². The second-order valence-corrected chi connectivity index (χ2v) is 2.59. The van der Waals surface area contributed by atoms with E-state index in [1.165, 1.54) is 0 Å². The molecule has 0 aliphatic rings. The Hall–Kier alpha value is -1.09. The van der Waals surface area contributed by atoms with Crippen LogP contribution < -0.4 is 5.73 Å². The molecule has 3 nitrogen and oxygen atoms in total. The van der Waals surface area contributed by atoms with Gasteiger partial charge in [0, 0.05) is 11.3 Å². The van der Waals surface area contributed by atoms with E-state index in [0.717, 1.165) is 11.3 Å². The summed E-state index contributed by atoms with van der Waals surface area (Å²) in [5, 5.41) is 9.21. The number of pyridine rings is 1. The molecule has 0 aliphatic carbocycles. The molecular formula is C8H12N2O. The molecular weight excluding hydrogens is 140 g/mol. The Morgan fingerprint density at radius 1 is 1.55 bits per heavy atom. The highest BCUT2D eigenvalue weighted by Gasteiger charge is 2.04. The monoisotopic (exact) mass is 152 g/mol. The molecule has 0 saturated carbocycles. The van der Waals surface area contributed by atoms with Crippen molar-refractivity contribution in [2.24, 2.45) is 0 Å². The molecule has 0 radical (unpaired) electrons. The van der Waals surface area contributed by atoms with Crippen molar-refractivity contribution in [2.75, 3.05) is 5.73 Å². The van der Waals surface area contributed by atoms with Gasteiger partial charge in [0.25, 0.3) is 0 Å². The van der Waals surface area contributed by atoms with Gasteiger partial charge in [-0.2, -0.15) is 0 Å². The molecule has 0 bridgehead atoms. The van der Waals surface area contributed by atoms with Crippen LogP contribution in [0.3, 0.4) is 0 Å². The number of nitrogens with two attached hydrogens (primary N) is 1. The van der Waals surface area contributed by atoms with Gasteiger partial charge in [-0.3, -0.25) is 0 Å². The van der Waals surface area contributed by atoms with Crippen molar-refractivity contribution in [1.82, 2.24) is 4.98 Å². The maximum absolute atomic E-state index is 9.21. The van der Waals surface area contributed by atoms with Gasteiger partial charge in [0.05, 0.1) is 6.10 Å². The normalized spacial score (nSPS) is 13.0. The number of anilines is 1. The maximum atomic E-state index is 9.21. The van der Waals surface area contributed by atoms with Gasteiger partial charge in [0.15, 0.2) is 0 Å². The van der Waals surface area contributed by atoms with Crippen LogP contribution in [-0.4, -0.2) is 10.1 Å². The predicted molar refractivity (Wildman–Crippen MR) is 44.0 cm³/mol. The number of aliphatic hydroxyl groups excluding tert-OH is 1. The molecule has 0 amide bonds. The van der Waals surface area contributed by atoms with Gasteiger partial charge in [-0.25, -0.2) is 4.98 Å². The first-order chi connectivity index (χ1) is 5.11. The van der Waals surface area contributed by atoms with Gasteiger partial charge in [-0.05, 0) is 19.9 Å². The summed E-state index contributed by atoms with van der Waals surface area (Å²) in [6.07, 6.45) is -0.469. The van der Waals surface area contributed by atoms with Crippen LogP contribution in [0.2, 0.25) is 0 Å². The van der Waals surface area contributed by atoms with Crippen LogP contribution in [0.15, 0.2) is 12.1 Å². The van der Waals surface area contributed by atoms with E-state index in [4.69, 9.17) is 5.73 Å². The van der Waals surface area contributed by atoms with Crippen LogP contribution in [0.25, 0.3) is 0 Å². The lowest BCUT2D eigenvalue weighted by Crippen LogP contribution is -1.99. The first kappa shape index (κ1) is 8.01. The number of nitrogen functional groups attached to an aromatic ring is 1. The number of hydrogen-bond acceptors (Lipinski definition) is 3. The van der Waals surface area contributed by atoms with E-state index in [2.05, 4.69) is 4.98 Å². The summed E-state index contributed by atoms with van der Waals surface area (Å²) >= 11 is 0. The Labute approximate surface area is 65.9 Å². The largest absolute Gasteiger partial charge is 0.389 e. The first-order valence-corrected chi connectivity index (χ1v) is 3.52. The van der Waals surface area contributed by atoms with E-state index in [9.17, 15) is 5.11 Å². The van der Waals surface area contributed by atoms with Gasteiger partial charge in [0.1, 0.15) is 5.82 Å². The molecule has 0 spiro atoms. The van der Waals surface area contributed by atoms with Crippen molar-refractivity contribution < 1.29 is 5.11 Å². The van der Waals surface area contributed by atoms with E-state index < -0.39 is 6.10 Å². The fraction of sp³-hybridized carbons (Fsp3) is 0.375. The van der Waals surface area contributed by atoms with Crippen LogP contribution >= 0.6 is 0 Å². The Bertz CT molecular complexity index is 258. The van der Waals surface area contributed by atoms with Crippen LogP contribution in [0.1, 0.15) is 24.3 Å². The number of rotatable bonds is 1. The zero-order valence-corrected chi connectivity index (χ0v) is 6.70. The van der Waals surface area contributed by atoms with Gasteiger partial charge in [-0.1, -0.05) is 6.07 Å². The molecule has 1 rings (SSSR count). The molecule has 3 heteroatoms. The average Bonchev–Trinajstić information content (AvgIpc) is 1.85. The van der Waals surface area contributed by atoms with E-state index in [-0.39, 0.29) is 0 Å².